The van der Waals surface area contributed by atoms with Crippen molar-refractivity contribution in [1.82, 2.24) is 19.5 Å². The number of fused-ring (bicyclic) bond motifs is 1. The third-order valence-electron chi connectivity index (χ3n) is 5.36. The Morgan fingerprint density at radius 3 is 2.73 bits per heavy atom. The Hall–Kier alpha value is -1.07. The van der Waals surface area contributed by atoms with Crippen molar-refractivity contribution in [2.75, 3.05) is 12.3 Å². The lowest BCUT2D eigenvalue weighted by atomic mass is 10.2. The normalized spacial score (nSPS) is 24.5. The number of hydrogen-bond acceptors (Lipinski definition) is 7. The number of halogens is 1. The fourth-order valence-corrected chi connectivity index (χ4v) is 4.79. The van der Waals surface area contributed by atoms with E-state index in [2.05, 4.69) is 64.7 Å². The van der Waals surface area contributed by atoms with Gasteiger partial charge in [-0.05, 0) is 34.1 Å². The number of nitrogens with two attached hydrogens (primary N) is 1. The molecule has 3 N–H and O–H groups in total. The van der Waals surface area contributed by atoms with Crippen molar-refractivity contribution in [1.29, 1.82) is 0 Å². The summed E-state index contributed by atoms with van der Waals surface area (Å²) in [7, 11) is -1.99. The number of nitrogen functional groups attached to an aromatic ring is 1. The first-order valence-corrected chi connectivity index (χ1v) is 12.3. The lowest BCUT2D eigenvalue weighted by molar-refractivity contribution is -0.0417. The second-order valence-electron chi connectivity index (χ2n) is 8.15. The maximum absolute atomic E-state index is 9.81. The molecular formula is C16H26BrN5O3Si. The van der Waals surface area contributed by atoms with Crippen molar-refractivity contribution in [2.24, 2.45) is 0 Å². The minimum absolute atomic E-state index is 0.0784. The van der Waals surface area contributed by atoms with Crippen molar-refractivity contribution < 1.29 is 14.3 Å². The lowest BCUT2D eigenvalue weighted by Gasteiger charge is -2.39. The fourth-order valence-electron chi connectivity index (χ4n) is 2.86. The van der Waals surface area contributed by atoms with Gasteiger partial charge in [0.25, 0.3) is 0 Å². The van der Waals surface area contributed by atoms with Gasteiger partial charge in [-0.25, -0.2) is 15.0 Å². The number of anilines is 1. The van der Waals surface area contributed by atoms with E-state index in [0.717, 1.165) is 0 Å². The lowest BCUT2D eigenvalue weighted by Crippen LogP contribution is -2.46. The molecule has 144 valence electrons. The molecule has 1 saturated heterocycles. The Balaban J connectivity index is 1.91. The highest BCUT2D eigenvalue weighted by molar-refractivity contribution is 9.10. The smallest absolute Gasteiger partial charge is 0.192 e. The highest BCUT2D eigenvalue weighted by atomic mass is 79.9. The zero-order chi connectivity index (χ0) is 19.3. The van der Waals surface area contributed by atoms with Gasteiger partial charge in [0.1, 0.15) is 18.7 Å². The standard InChI is InChI=1S/C16H26BrN5O3Si/c1-16(2,3)26(4,5)25-9-6-11(24-10(9)7-23)22-14-12(21-15(22)17)13(18)19-8-20-14/h8-11,23H,6-7H2,1-5H3,(H2,18,19,20)/t9-,10+,11+/m0/s1. The van der Waals surface area contributed by atoms with Gasteiger partial charge >= 0.3 is 0 Å². The monoisotopic (exact) mass is 443 g/mol. The molecule has 0 unspecified atom stereocenters. The zero-order valence-electron chi connectivity index (χ0n) is 15.7. The Kier molecular flexibility index (Phi) is 5.17. The molecule has 2 aromatic rings. The van der Waals surface area contributed by atoms with Gasteiger partial charge in [-0.3, -0.25) is 4.57 Å². The Bertz CT molecular complexity index is 807. The maximum atomic E-state index is 9.81. The fraction of sp³-hybridized carbons (Fsp3) is 0.688. The first-order valence-electron chi connectivity index (χ1n) is 8.63. The Morgan fingerprint density at radius 1 is 1.42 bits per heavy atom. The summed E-state index contributed by atoms with van der Waals surface area (Å²) in [6.45, 7) is 10.9. The van der Waals surface area contributed by atoms with Gasteiger partial charge in [-0.2, -0.15) is 0 Å². The first kappa shape index (κ1) is 19.7. The van der Waals surface area contributed by atoms with E-state index >= 15 is 0 Å². The molecule has 0 saturated carbocycles. The molecule has 0 bridgehead atoms. The molecule has 3 rings (SSSR count). The number of hydrogen-bond donors (Lipinski definition) is 2. The van der Waals surface area contributed by atoms with E-state index in [9.17, 15) is 5.11 Å². The van der Waals surface area contributed by atoms with Crippen molar-refractivity contribution in [2.45, 2.75) is 63.8 Å². The van der Waals surface area contributed by atoms with E-state index in [4.69, 9.17) is 14.9 Å². The van der Waals surface area contributed by atoms with Crippen LogP contribution in [-0.4, -0.2) is 51.8 Å². The maximum Gasteiger partial charge on any atom is 0.192 e. The van der Waals surface area contributed by atoms with Crippen LogP contribution in [0.4, 0.5) is 5.82 Å². The zero-order valence-corrected chi connectivity index (χ0v) is 18.3. The van der Waals surface area contributed by atoms with Crippen molar-refractivity contribution in [3.63, 3.8) is 0 Å². The summed E-state index contributed by atoms with van der Waals surface area (Å²) in [6.07, 6.45) is 1.08. The molecule has 0 amide bonds. The average Bonchev–Trinajstić information content (AvgIpc) is 3.06. The summed E-state index contributed by atoms with van der Waals surface area (Å²) in [5.41, 5.74) is 7.02. The van der Waals surface area contributed by atoms with E-state index in [1.807, 2.05) is 4.57 Å². The Labute approximate surface area is 162 Å². The summed E-state index contributed by atoms with van der Waals surface area (Å²) < 4.78 is 15.0. The summed E-state index contributed by atoms with van der Waals surface area (Å²) in [6, 6.07) is 0. The van der Waals surface area contributed by atoms with E-state index in [1.54, 1.807) is 0 Å². The Morgan fingerprint density at radius 2 is 2.12 bits per heavy atom. The van der Waals surface area contributed by atoms with Crippen molar-refractivity contribution >= 4 is 41.2 Å². The number of nitrogens with zero attached hydrogens (tertiary/aromatic N) is 4. The molecule has 8 nitrogen and oxygen atoms in total. The van der Waals surface area contributed by atoms with Crippen molar-refractivity contribution in [3.05, 3.63) is 11.1 Å². The van der Waals surface area contributed by atoms with Gasteiger partial charge in [-0.1, -0.05) is 20.8 Å². The van der Waals surface area contributed by atoms with Gasteiger partial charge in [-0.15, -0.1) is 0 Å². The topological polar surface area (TPSA) is 108 Å². The summed E-state index contributed by atoms with van der Waals surface area (Å²) >= 11 is 3.46. The van der Waals surface area contributed by atoms with Crippen LogP contribution in [0.1, 0.15) is 33.4 Å². The minimum Gasteiger partial charge on any atom is -0.411 e. The van der Waals surface area contributed by atoms with Gasteiger partial charge < -0.3 is 20.0 Å². The van der Waals surface area contributed by atoms with Crippen LogP contribution in [0.2, 0.25) is 18.1 Å². The van der Waals surface area contributed by atoms with Gasteiger partial charge in [0.15, 0.2) is 30.0 Å². The van der Waals surface area contributed by atoms with Crippen LogP contribution in [0, 0.1) is 0 Å². The molecule has 1 aliphatic rings. The molecule has 1 fully saturated rings. The molecule has 0 spiro atoms. The quantitative estimate of drug-likeness (QED) is 0.551. The van der Waals surface area contributed by atoms with Crippen LogP contribution < -0.4 is 5.73 Å². The predicted octanol–water partition coefficient (Wildman–Crippen LogP) is 2.84. The number of aliphatic hydroxyl groups is 1. The van der Waals surface area contributed by atoms with Crippen LogP contribution in [-0.2, 0) is 9.16 Å². The number of aromatic nitrogens is 4. The highest BCUT2D eigenvalue weighted by Gasteiger charge is 2.45. The highest BCUT2D eigenvalue weighted by Crippen LogP contribution is 2.42. The molecule has 0 aromatic carbocycles. The van der Waals surface area contributed by atoms with Gasteiger partial charge in [0.2, 0.25) is 0 Å². The largest absolute Gasteiger partial charge is 0.411 e. The van der Waals surface area contributed by atoms with Crippen LogP contribution >= 0.6 is 15.9 Å². The number of rotatable bonds is 4. The molecular weight excluding hydrogens is 418 g/mol. The molecule has 0 radical (unpaired) electrons. The molecule has 2 aromatic heterocycles. The van der Waals surface area contributed by atoms with E-state index in [0.29, 0.717) is 28.1 Å². The number of imidazole rings is 1. The summed E-state index contributed by atoms with van der Waals surface area (Å²) in [5, 5.41) is 9.88. The molecule has 0 aliphatic carbocycles. The average molecular weight is 444 g/mol. The molecule has 26 heavy (non-hydrogen) atoms. The van der Waals surface area contributed by atoms with E-state index < -0.39 is 14.4 Å². The van der Waals surface area contributed by atoms with E-state index in [-0.39, 0.29) is 24.0 Å². The van der Waals surface area contributed by atoms with Crippen molar-refractivity contribution in [3.8, 4) is 0 Å². The summed E-state index contributed by atoms with van der Waals surface area (Å²) in [4.78, 5) is 12.7. The second kappa shape index (κ2) is 6.83. The predicted molar refractivity (Wildman–Crippen MR) is 105 cm³/mol. The second-order valence-corrected chi connectivity index (χ2v) is 13.6. The van der Waals surface area contributed by atoms with Crippen LogP contribution in [0.15, 0.2) is 11.1 Å². The first-order chi connectivity index (χ1) is 12.0. The van der Waals surface area contributed by atoms with Crippen LogP contribution in [0.5, 0.6) is 0 Å². The minimum atomic E-state index is -1.99. The molecule has 3 heterocycles. The number of aliphatic hydroxyl groups excluding tert-OH is 1. The molecule has 1 aliphatic heterocycles. The summed E-state index contributed by atoms with van der Waals surface area (Å²) in [5.74, 6) is 0.320. The SMILES string of the molecule is CC(C)(C)[Si](C)(C)O[C@H]1C[C@H](n2c(Br)nc3c(N)ncnc32)O[C@@H]1CO. The molecule has 10 heteroatoms. The van der Waals surface area contributed by atoms with Crippen LogP contribution in [0.25, 0.3) is 11.2 Å². The third kappa shape index (κ3) is 3.40. The third-order valence-corrected chi connectivity index (χ3v) is 10.4. The van der Waals surface area contributed by atoms with E-state index in [1.165, 1.54) is 6.33 Å². The molecule has 3 atom stereocenters. The van der Waals surface area contributed by atoms with Gasteiger partial charge in [0, 0.05) is 6.42 Å². The van der Waals surface area contributed by atoms with Crippen LogP contribution in [0.3, 0.4) is 0 Å². The van der Waals surface area contributed by atoms with Gasteiger partial charge in [0.05, 0.1) is 12.7 Å². The number of ether oxygens (including phenoxy) is 1.